The quantitative estimate of drug-likeness (QED) is 0.624. The van der Waals surface area contributed by atoms with Crippen LogP contribution in [0.1, 0.15) is 17.3 Å². The molecule has 3 nitrogen and oxygen atoms in total. The second-order valence-electron chi connectivity index (χ2n) is 4.82. The van der Waals surface area contributed by atoms with Crippen molar-refractivity contribution in [1.82, 2.24) is 9.38 Å². The van der Waals surface area contributed by atoms with Crippen LogP contribution in [-0.2, 0) is 6.42 Å². The number of aromatic nitrogens is 2. The van der Waals surface area contributed by atoms with E-state index in [0.717, 1.165) is 17.1 Å². The van der Waals surface area contributed by atoms with Crippen LogP contribution in [-0.4, -0.2) is 9.38 Å². The maximum atomic E-state index is 6.39. The van der Waals surface area contributed by atoms with E-state index in [-0.39, 0.29) is 6.04 Å². The standard InChI is InChI=1S/C15H13N3S2/c16-13(7-10-8-18-5-6-19-15(18)17-10)12-9-20-14-4-2-1-3-11(12)14/h1-6,8-9,13H,7,16H2. The van der Waals surface area contributed by atoms with Gasteiger partial charge in [-0.3, -0.25) is 4.40 Å². The monoisotopic (exact) mass is 299 g/mol. The maximum Gasteiger partial charge on any atom is 0.193 e. The molecule has 4 rings (SSSR count). The molecule has 0 aliphatic rings. The first-order valence-electron chi connectivity index (χ1n) is 6.44. The summed E-state index contributed by atoms with van der Waals surface area (Å²) in [5.41, 5.74) is 8.67. The molecule has 5 heteroatoms. The summed E-state index contributed by atoms with van der Waals surface area (Å²) >= 11 is 3.40. The van der Waals surface area contributed by atoms with Crippen molar-refractivity contribution in [1.29, 1.82) is 0 Å². The Morgan fingerprint density at radius 3 is 3.05 bits per heavy atom. The first-order chi connectivity index (χ1) is 9.81. The smallest absolute Gasteiger partial charge is 0.193 e. The topological polar surface area (TPSA) is 43.3 Å². The van der Waals surface area contributed by atoms with Crippen LogP contribution >= 0.6 is 22.7 Å². The highest BCUT2D eigenvalue weighted by atomic mass is 32.1. The Kier molecular flexibility index (Phi) is 2.84. The average molecular weight is 299 g/mol. The number of nitrogens with two attached hydrogens (primary N) is 1. The number of imidazole rings is 1. The summed E-state index contributed by atoms with van der Waals surface area (Å²) in [6.45, 7) is 0. The van der Waals surface area contributed by atoms with Gasteiger partial charge >= 0.3 is 0 Å². The van der Waals surface area contributed by atoms with Crippen molar-refractivity contribution < 1.29 is 0 Å². The number of rotatable bonds is 3. The van der Waals surface area contributed by atoms with Crippen molar-refractivity contribution in [2.75, 3.05) is 0 Å². The number of benzene rings is 1. The molecule has 1 aromatic carbocycles. The average Bonchev–Trinajstić information content (AvgIpc) is 3.10. The molecule has 0 saturated carbocycles. The summed E-state index contributed by atoms with van der Waals surface area (Å²) in [5.74, 6) is 0. The molecule has 0 aliphatic heterocycles. The van der Waals surface area contributed by atoms with Crippen LogP contribution in [0.25, 0.3) is 15.0 Å². The number of hydrogen-bond donors (Lipinski definition) is 1. The van der Waals surface area contributed by atoms with Crippen LogP contribution in [0.4, 0.5) is 0 Å². The molecule has 4 aromatic rings. The van der Waals surface area contributed by atoms with E-state index in [9.17, 15) is 0 Å². The van der Waals surface area contributed by atoms with Crippen molar-refractivity contribution in [3.8, 4) is 0 Å². The van der Waals surface area contributed by atoms with Gasteiger partial charge in [-0.05, 0) is 22.4 Å². The molecule has 2 N–H and O–H groups in total. The first kappa shape index (κ1) is 12.1. The van der Waals surface area contributed by atoms with E-state index in [0.29, 0.717) is 0 Å². The van der Waals surface area contributed by atoms with Crippen molar-refractivity contribution in [3.05, 3.63) is 58.7 Å². The minimum absolute atomic E-state index is 0.00393. The molecule has 1 unspecified atom stereocenters. The van der Waals surface area contributed by atoms with Crippen LogP contribution in [0.15, 0.2) is 47.4 Å². The minimum atomic E-state index is -0.00393. The van der Waals surface area contributed by atoms with Crippen LogP contribution < -0.4 is 5.73 Å². The van der Waals surface area contributed by atoms with E-state index in [4.69, 9.17) is 5.73 Å². The third-order valence-corrected chi connectivity index (χ3v) is 5.24. The number of fused-ring (bicyclic) bond motifs is 2. The van der Waals surface area contributed by atoms with E-state index in [1.165, 1.54) is 15.6 Å². The van der Waals surface area contributed by atoms with Crippen LogP contribution in [0.5, 0.6) is 0 Å². The Morgan fingerprint density at radius 1 is 1.25 bits per heavy atom. The lowest BCUT2D eigenvalue weighted by Crippen LogP contribution is -2.13. The second-order valence-corrected chi connectivity index (χ2v) is 6.61. The zero-order valence-corrected chi connectivity index (χ0v) is 12.3. The maximum absolute atomic E-state index is 6.39. The highest BCUT2D eigenvalue weighted by Crippen LogP contribution is 2.30. The Bertz CT molecular complexity index is 843. The molecule has 3 heterocycles. The van der Waals surface area contributed by atoms with Gasteiger partial charge in [0.25, 0.3) is 0 Å². The Morgan fingerprint density at radius 2 is 2.15 bits per heavy atom. The van der Waals surface area contributed by atoms with E-state index in [2.05, 4.69) is 45.2 Å². The first-order valence-corrected chi connectivity index (χ1v) is 8.20. The van der Waals surface area contributed by atoms with Gasteiger partial charge in [0.15, 0.2) is 4.96 Å². The highest BCUT2D eigenvalue weighted by molar-refractivity contribution is 7.17. The molecule has 1 atom stereocenters. The summed E-state index contributed by atoms with van der Waals surface area (Å²) in [6.07, 6.45) is 4.87. The van der Waals surface area contributed by atoms with Gasteiger partial charge in [0.2, 0.25) is 0 Å². The zero-order valence-electron chi connectivity index (χ0n) is 10.7. The van der Waals surface area contributed by atoms with Gasteiger partial charge in [0.05, 0.1) is 5.69 Å². The van der Waals surface area contributed by atoms with E-state index in [1.54, 1.807) is 22.7 Å². The molecule has 0 amide bonds. The fourth-order valence-electron chi connectivity index (χ4n) is 2.50. The molecule has 100 valence electrons. The molecule has 0 spiro atoms. The lowest BCUT2D eigenvalue weighted by Gasteiger charge is -2.08. The molecular formula is C15H13N3S2. The summed E-state index contributed by atoms with van der Waals surface area (Å²) in [5, 5.41) is 5.48. The molecule has 0 radical (unpaired) electrons. The van der Waals surface area contributed by atoms with E-state index >= 15 is 0 Å². The summed E-state index contributed by atoms with van der Waals surface area (Å²) in [7, 11) is 0. The zero-order chi connectivity index (χ0) is 13.5. The van der Waals surface area contributed by atoms with E-state index in [1.807, 2.05) is 11.6 Å². The van der Waals surface area contributed by atoms with Gasteiger partial charge in [0.1, 0.15) is 0 Å². The minimum Gasteiger partial charge on any atom is -0.324 e. The largest absolute Gasteiger partial charge is 0.324 e. The third-order valence-electron chi connectivity index (χ3n) is 3.48. The molecular weight excluding hydrogens is 286 g/mol. The van der Waals surface area contributed by atoms with Gasteiger partial charge in [0, 0.05) is 34.9 Å². The predicted octanol–water partition coefficient (Wildman–Crippen LogP) is 3.85. The Labute approximate surface area is 124 Å². The summed E-state index contributed by atoms with van der Waals surface area (Å²) in [6, 6.07) is 8.42. The molecule has 20 heavy (non-hydrogen) atoms. The van der Waals surface area contributed by atoms with Gasteiger partial charge in [-0.15, -0.1) is 22.7 Å². The predicted molar refractivity (Wildman–Crippen MR) is 85.5 cm³/mol. The van der Waals surface area contributed by atoms with Crippen molar-refractivity contribution in [2.24, 2.45) is 5.73 Å². The number of nitrogens with zero attached hydrogens (tertiary/aromatic N) is 2. The lowest BCUT2D eigenvalue weighted by atomic mass is 10.0. The van der Waals surface area contributed by atoms with Gasteiger partial charge in [-0.1, -0.05) is 18.2 Å². The van der Waals surface area contributed by atoms with Crippen LogP contribution in [0, 0.1) is 0 Å². The third kappa shape index (κ3) is 1.95. The number of hydrogen-bond acceptors (Lipinski definition) is 4. The van der Waals surface area contributed by atoms with Gasteiger partial charge < -0.3 is 5.73 Å². The molecule has 0 fully saturated rings. The normalized spacial score (nSPS) is 13.2. The van der Waals surface area contributed by atoms with Crippen LogP contribution in [0.2, 0.25) is 0 Å². The number of thiazole rings is 1. The fraction of sp³-hybridized carbons (Fsp3) is 0.133. The van der Waals surface area contributed by atoms with E-state index < -0.39 is 0 Å². The van der Waals surface area contributed by atoms with Crippen molar-refractivity contribution >= 4 is 37.7 Å². The van der Waals surface area contributed by atoms with Crippen LogP contribution in [0.3, 0.4) is 0 Å². The molecule has 0 aliphatic carbocycles. The van der Waals surface area contributed by atoms with Crippen molar-refractivity contribution in [3.63, 3.8) is 0 Å². The van der Waals surface area contributed by atoms with Gasteiger partial charge in [-0.25, -0.2) is 4.98 Å². The van der Waals surface area contributed by atoms with Gasteiger partial charge in [-0.2, -0.15) is 0 Å². The molecule has 0 bridgehead atoms. The van der Waals surface area contributed by atoms with Crippen molar-refractivity contribution in [2.45, 2.75) is 12.5 Å². The molecule has 0 saturated heterocycles. The molecule has 3 aromatic heterocycles. The second kappa shape index (κ2) is 4.70. The Hall–Kier alpha value is -1.69. The summed E-state index contributed by atoms with van der Waals surface area (Å²) < 4.78 is 3.35. The highest BCUT2D eigenvalue weighted by Gasteiger charge is 2.14. The lowest BCUT2D eigenvalue weighted by molar-refractivity contribution is 0.718. The summed E-state index contributed by atoms with van der Waals surface area (Å²) in [4.78, 5) is 5.64. The Balaban J connectivity index is 1.66. The SMILES string of the molecule is NC(Cc1cn2ccsc2n1)c1csc2ccccc12. The fourth-order valence-corrected chi connectivity index (χ4v) is 4.24. The number of thiophene rings is 1.